The van der Waals surface area contributed by atoms with Crippen LogP contribution in [0.3, 0.4) is 0 Å². The molecule has 0 fully saturated rings. The van der Waals surface area contributed by atoms with E-state index in [1.165, 1.54) is 0 Å². The van der Waals surface area contributed by atoms with Crippen LogP contribution in [0.1, 0.15) is 21.6 Å². The predicted octanol–water partition coefficient (Wildman–Crippen LogP) is 2.69. The predicted molar refractivity (Wildman–Crippen MR) is 140 cm³/mol. The molecule has 1 aliphatic heterocycles. The van der Waals surface area contributed by atoms with E-state index >= 15 is 0 Å². The van der Waals surface area contributed by atoms with Gasteiger partial charge in [0.15, 0.2) is 0 Å². The van der Waals surface area contributed by atoms with Crippen LogP contribution in [-0.4, -0.2) is 60.0 Å². The first-order valence-corrected chi connectivity index (χ1v) is 11.9. The first-order valence-electron chi connectivity index (χ1n) is 11.9. The fourth-order valence-electron chi connectivity index (χ4n) is 4.37. The van der Waals surface area contributed by atoms with E-state index in [0.717, 1.165) is 27.7 Å². The summed E-state index contributed by atoms with van der Waals surface area (Å²) in [7, 11) is 0. The Hall–Kier alpha value is -4.27. The molecule has 5 rings (SSSR count). The third-order valence-electron chi connectivity index (χ3n) is 6.10. The molecule has 4 N–H and O–H groups in total. The molecule has 2 heterocycles. The van der Waals surface area contributed by atoms with Gasteiger partial charge in [-0.25, -0.2) is 4.99 Å². The van der Waals surface area contributed by atoms with Gasteiger partial charge >= 0.3 is 0 Å². The second kappa shape index (κ2) is 10.6. The number of fused-ring (bicyclic) bond motifs is 2. The Morgan fingerprint density at radius 2 is 1.72 bits per heavy atom. The number of nitrogens with one attached hydrogen (secondary N) is 3. The van der Waals surface area contributed by atoms with E-state index in [-0.39, 0.29) is 12.5 Å². The van der Waals surface area contributed by atoms with Crippen LogP contribution in [-0.2, 0) is 4.79 Å². The minimum absolute atomic E-state index is 0.00891. The highest BCUT2D eigenvalue weighted by atomic mass is 16.3. The maximum absolute atomic E-state index is 13.8. The lowest BCUT2D eigenvalue weighted by Crippen LogP contribution is -2.49. The Kier molecular flexibility index (Phi) is 6.88. The summed E-state index contributed by atoms with van der Waals surface area (Å²) in [6.45, 7) is 1.27. The summed E-state index contributed by atoms with van der Waals surface area (Å²) < 4.78 is 0. The number of aromatic amines is 1. The topological polar surface area (TPSA) is 110 Å². The number of amides is 2. The highest BCUT2D eigenvalue weighted by molar-refractivity contribution is 6.20. The van der Waals surface area contributed by atoms with Crippen molar-refractivity contribution in [3.05, 3.63) is 102 Å². The van der Waals surface area contributed by atoms with Crippen LogP contribution in [0.15, 0.2) is 89.9 Å². The molecule has 1 atom stereocenters. The molecule has 0 bridgehead atoms. The van der Waals surface area contributed by atoms with E-state index in [1.807, 2.05) is 78.9 Å². The van der Waals surface area contributed by atoms with Gasteiger partial charge in [-0.15, -0.1) is 0 Å². The lowest BCUT2D eigenvalue weighted by Gasteiger charge is -2.25. The summed E-state index contributed by atoms with van der Waals surface area (Å²) in [5.41, 5.74) is 4.21. The molecule has 0 aliphatic carbocycles. The molecule has 3 aromatic carbocycles. The van der Waals surface area contributed by atoms with Crippen LogP contribution >= 0.6 is 0 Å². The van der Waals surface area contributed by atoms with Crippen LogP contribution in [0.5, 0.6) is 0 Å². The highest BCUT2D eigenvalue weighted by Crippen LogP contribution is 2.28. The molecule has 0 saturated carbocycles. The molecule has 182 valence electrons. The first-order chi connectivity index (χ1) is 17.7. The van der Waals surface area contributed by atoms with Crippen molar-refractivity contribution in [1.29, 1.82) is 0 Å². The second-order valence-electron chi connectivity index (χ2n) is 8.47. The fourth-order valence-corrected chi connectivity index (χ4v) is 4.37. The normalized spacial score (nSPS) is 15.4. The van der Waals surface area contributed by atoms with Gasteiger partial charge in [-0.1, -0.05) is 66.7 Å². The number of para-hydroxylation sites is 2. The Bertz CT molecular complexity index is 1380. The maximum atomic E-state index is 13.8. The van der Waals surface area contributed by atoms with E-state index in [1.54, 1.807) is 11.0 Å². The average Bonchev–Trinajstić information content (AvgIpc) is 3.32. The molecule has 2 amide bonds. The quantitative estimate of drug-likeness (QED) is 0.290. The number of carbonyl (C=O) groups excluding carboxylic acids is 2. The number of anilines is 1. The lowest BCUT2D eigenvalue weighted by molar-refractivity contribution is -0.120. The number of carbonyl (C=O) groups is 2. The molecule has 0 saturated heterocycles. The van der Waals surface area contributed by atoms with Crippen molar-refractivity contribution < 1.29 is 14.7 Å². The second-order valence-corrected chi connectivity index (χ2v) is 8.47. The number of aliphatic hydroxyl groups is 1. The van der Waals surface area contributed by atoms with Crippen molar-refractivity contribution in [2.24, 2.45) is 4.99 Å². The van der Waals surface area contributed by atoms with Gasteiger partial charge in [0.2, 0.25) is 6.17 Å². The van der Waals surface area contributed by atoms with Crippen molar-refractivity contribution in [1.82, 2.24) is 15.6 Å². The van der Waals surface area contributed by atoms with Gasteiger partial charge in [0.05, 0.1) is 18.0 Å². The molecular weight excluding hydrogens is 454 g/mol. The molecule has 0 radical (unpaired) electrons. The first kappa shape index (κ1) is 23.5. The summed E-state index contributed by atoms with van der Waals surface area (Å²) in [4.78, 5) is 36.6. The van der Waals surface area contributed by atoms with Gasteiger partial charge in [-0.2, -0.15) is 0 Å². The molecule has 4 aromatic rings. The van der Waals surface area contributed by atoms with E-state index in [0.29, 0.717) is 31.0 Å². The third kappa shape index (κ3) is 4.77. The number of benzodiazepines with no additional fused rings is 1. The number of aromatic nitrogens is 1. The molecule has 1 aliphatic rings. The summed E-state index contributed by atoms with van der Waals surface area (Å²) in [5, 5.41) is 16.0. The third-order valence-corrected chi connectivity index (χ3v) is 6.10. The molecule has 36 heavy (non-hydrogen) atoms. The van der Waals surface area contributed by atoms with E-state index < -0.39 is 12.1 Å². The van der Waals surface area contributed by atoms with Crippen molar-refractivity contribution in [3.8, 4) is 0 Å². The smallest absolute Gasteiger partial charge is 0.272 e. The minimum atomic E-state index is -1.12. The van der Waals surface area contributed by atoms with Crippen LogP contribution in [0.2, 0.25) is 0 Å². The number of aliphatic imine (C=N–C) groups is 1. The number of rotatable bonds is 8. The van der Waals surface area contributed by atoms with Gasteiger partial charge < -0.3 is 25.6 Å². The zero-order chi connectivity index (χ0) is 24.9. The average molecular weight is 482 g/mol. The fraction of sp³-hybridized carbons (Fsp3) is 0.179. The summed E-state index contributed by atoms with van der Waals surface area (Å²) in [6, 6.07) is 26.6. The van der Waals surface area contributed by atoms with Gasteiger partial charge in [-0.05, 0) is 18.2 Å². The zero-order valence-corrected chi connectivity index (χ0v) is 19.6. The van der Waals surface area contributed by atoms with E-state index in [9.17, 15) is 9.59 Å². The van der Waals surface area contributed by atoms with Gasteiger partial charge in [0.1, 0.15) is 5.69 Å². The molecular formula is C28H27N5O3. The molecule has 8 heteroatoms. The van der Waals surface area contributed by atoms with Crippen molar-refractivity contribution >= 4 is 34.1 Å². The lowest BCUT2D eigenvalue weighted by atomic mass is 10.0. The number of benzene rings is 3. The summed E-state index contributed by atoms with van der Waals surface area (Å²) >= 11 is 0. The minimum Gasteiger partial charge on any atom is -0.395 e. The number of nitrogens with zero attached hydrogens (tertiary/aromatic N) is 2. The Morgan fingerprint density at radius 3 is 2.53 bits per heavy atom. The molecule has 1 aromatic heterocycles. The number of aliphatic hydroxyl groups excluding tert-OH is 1. The van der Waals surface area contributed by atoms with Crippen molar-refractivity contribution in [2.45, 2.75) is 6.17 Å². The maximum Gasteiger partial charge on any atom is 0.272 e. The molecule has 0 spiro atoms. The highest BCUT2D eigenvalue weighted by Gasteiger charge is 2.33. The van der Waals surface area contributed by atoms with E-state index in [4.69, 9.17) is 10.1 Å². The van der Waals surface area contributed by atoms with Gasteiger partial charge in [-0.3, -0.25) is 9.59 Å². The standard InChI is InChI=1S/C28H27N5O3/c34-17-15-29-14-16-33-24-13-7-5-11-21(24)25(19-8-2-1-3-9-19)31-26(28(33)36)32-27(35)23-18-20-10-4-6-12-22(20)30-23/h1-13,18,26,29-30,34H,14-17H2,(H,32,35). The summed E-state index contributed by atoms with van der Waals surface area (Å²) in [6.07, 6.45) is -1.12. The Balaban J connectivity index is 1.53. The number of H-pyrrole nitrogens is 1. The van der Waals surface area contributed by atoms with Gasteiger partial charge in [0, 0.05) is 41.7 Å². The van der Waals surface area contributed by atoms with Crippen molar-refractivity contribution in [2.75, 3.05) is 31.1 Å². The number of hydrogen-bond donors (Lipinski definition) is 4. The zero-order valence-electron chi connectivity index (χ0n) is 19.6. The van der Waals surface area contributed by atoms with Crippen LogP contribution in [0.25, 0.3) is 10.9 Å². The Morgan fingerprint density at radius 1 is 0.972 bits per heavy atom. The Labute approximate surface area is 208 Å². The monoisotopic (exact) mass is 481 g/mol. The SMILES string of the molecule is O=C(NC1N=C(c2ccccc2)c2ccccc2N(CCNCCO)C1=O)c1cc2ccccc2[nH]1. The molecule has 1 unspecified atom stereocenters. The van der Waals surface area contributed by atoms with Crippen molar-refractivity contribution in [3.63, 3.8) is 0 Å². The molecule has 8 nitrogen and oxygen atoms in total. The van der Waals surface area contributed by atoms with Crippen LogP contribution in [0.4, 0.5) is 5.69 Å². The van der Waals surface area contributed by atoms with Crippen LogP contribution < -0.4 is 15.5 Å². The largest absolute Gasteiger partial charge is 0.395 e. The number of hydrogen-bond acceptors (Lipinski definition) is 5. The van der Waals surface area contributed by atoms with Crippen LogP contribution in [0, 0.1) is 0 Å². The van der Waals surface area contributed by atoms with Gasteiger partial charge in [0.25, 0.3) is 11.8 Å². The van der Waals surface area contributed by atoms with E-state index in [2.05, 4.69) is 15.6 Å². The summed E-state index contributed by atoms with van der Waals surface area (Å²) in [5.74, 6) is -0.742.